The molecule has 1 fully saturated rings. The van der Waals surface area contributed by atoms with Gasteiger partial charge < -0.3 is 10.2 Å². The number of hydrogen-bond donors (Lipinski definition) is 1. The van der Waals surface area contributed by atoms with Crippen LogP contribution in [0, 0.1) is 11.2 Å². The van der Waals surface area contributed by atoms with Gasteiger partial charge in [0.25, 0.3) is 0 Å². The Bertz CT molecular complexity index is 442. The van der Waals surface area contributed by atoms with Crippen LogP contribution in [-0.2, 0) is 0 Å². The maximum absolute atomic E-state index is 14.0. The molecule has 106 valence electrons. The van der Waals surface area contributed by atoms with Gasteiger partial charge in [-0.3, -0.25) is 0 Å². The summed E-state index contributed by atoms with van der Waals surface area (Å²) in [5.41, 5.74) is 0.767. The third-order valence-corrected chi connectivity index (χ3v) is 3.93. The van der Waals surface area contributed by atoms with Crippen molar-refractivity contribution in [3.05, 3.63) is 29.0 Å². The van der Waals surface area contributed by atoms with E-state index >= 15 is 0 Å². The Hall–Kier alpha value is -0.800. The van der Waals surface area contributed by atoms with Gasteiger partial charge in [0, 0.05) is 24.2 Å². The molecule has 0 amide bonds. The average Bonchev–Trinajstić information content (AvgIpc) is 2.57. The minimum absolute atomic E-state index is 0.150. The molecule has 0 spiro atoms. The molecule has 0 radical (unpaired) electrons. The van der Waals surface area contributed by atoms with E-state index in [1.54, 1.807) is 12.1 Å². The van der Waals surface area contributed by atoms with Crippen molar-refractivity contribution in [1.82, 2.24) is 5.32 Å². The first-order valence-electron chi connectivity index (χ1n) is 6.81. The van der Waals surface area contributed by atoms with Crippen LogP contribution in [0.1, 0.15) is 27.2 Å². The van der Waals surface area contributed by atoms with E-state index in [0.717, 1.165) is 26.1 Å². The Morgan fingerprint density at radius 1 is 1.37 bits per heavy atom. The van der Waals surface area contributed by atoms with Crippen LogP contribution >= 0.6 is 11.6 Å². The number of nitrogens with zero attached hydrogens (tertiary/aromatic N) is 1. The lowest BCUT2D eigenvalue weighted by Gasteiger charge is -2.34. The van der Waals surface area contributed by atoms with E-state index in [4.69, 9.17) is 11.6 Å². The van der Waals surface area contributed by atoms with Gasteiger partial charge in [0.15, 0.2) is 0 Å². The molecule has 1 aromatic rings. The fourth-order valence-corrected chi connectivity index (χ4v) is 2.62. The molecule has 1 unspecified atom stereocenters. The van der Waals surface area contributed by atoms with Crippen molar-refractivity contribution in [3.8, 4) is 0 Å². The predicted octanol–water partition coefficient (Wildman–Crippen LogP) is 3.69. The van der Waals surface area contributed by atoms with Gasteiger partial charge >= 0.3 is 0 Å². The Labute approximate surface area is 119 Å². The van der Waals surface area contributed by atoms with Crippen LogP contribution < -0.4 is 10.2 Å². The number of nitrogens with one attached hydrogen (secondary N) is 1. The normalized spacial score (nSPS) is 21.3. The topological polar surface area (TPSA) is 15.3 Å². The first-order valence-corrected chi connectivity index (χ1v) is 7.19. The van der Waals surface area contributed by atoms with Crippen molar-refractivity contribution >= 4 is 17.3 Å². The molecule has 0 aromatic heterocycles. The van der Waals surface area contributed by atoms with E-state index in [1.165, 1.54) is 6.07 Å². The van der Waals surface area contributed by atoms with Gasteiger partial charge in [-0.25, -0.2) is 4.39 Å². The molecule has 19 heavy (non-hydrogen) atoms. The van der Waals surface area contributed by atoms with Gasteiger partial charge in [-0.1, -0.05) is 32.4 Å². The first-order chi connectivity index (χ1) is 8.88. The highest BCUT2D eigenvalue weighted by Gasteiger charge is 2.28. The Morgan fingerprint density at radius 3 is 2.79 bits per heavy atom. The van der Waals surface area contributed by atoms with Crippen LogP contribution in [0.3, 0.4) is 0 Å². The Kier molecular flexibility index (Phi) is 4.36. The fraction of sp³-hybridized carbons (Fsp3) is 0.600. The lowest BCUT2D eigenvalue weighted by Crippen LogP contribution is -2.46. The highest BCUT2D eigenvalue weighted by atomic mass is 35.5. The molecule has 1 aliphatic heterocycles. The summed E-state index contributed by atoms with van der Waals surface area (Å²) < 4.78 is 14.0. The summed E-state index contributed by atoms with van der Waals surface area (Å²) in [6.07, 6.45) is 1.01. The van der Waals surface area contributed by atoms with E-state index in [9.17, 15) is 4.39 Å². The molecule has 1 saturated heterocycles. The maximum Gasteiger partial charge on any atom is 0.146 e. The first kappa shape index (κ1) is 14.6. The van der Waals surface area contributed by atoms with Gasteiger partial charge in [-0.2, -0.15) is 0 Å². The van der Waals surface area contributed by atoms with Gasteiger partial charge in [0.1, 0.15) is 5.82 Å². The van der Waals surface area contributed by atoms with Crippen LogP contribution in [0.15, 0.2) is 18.2 Å². The fourth-order valence-electron chi connectivity index (χ4n) is 2.45. The number of hydrogen-bond acceptors (Lipinski definition) is 2. The standard InChI is InChI=1S/C15H22ClFN2/c1-15(2,3)14-10-19(8-4-7-18-14)13-9-11(16)5-6-12(13)17/h5-6,9,14,18H,4,7-8,10H2,1-3H3. The average molecular weight is 285 g/mol. The van der Waals surface area contributed by atoms with Crippen molar-refractivity contribution < 1.29 is 4.39 Å². The lowest BCUT2D eigenvalue weighted by atomic mass is 9.86. The highest BCUT2D eigenvalue weighted by Crippen LogP contribution is 2.28. The molecule has 0 aliphatic carbocycles. The minimum atomic E-state index is -0.195. The maximum atomic E-state index is 14.0. The second kappa shape index (κ2) is 5.68. The summed E-state index contributed by atoms with van der Waals surface area (Å²) in [4.78, 5) is 2.11. The van der Waals surface area contributed by atoms with Crippen molar-refractivity contribution in [2.75, 3.05) is 24.5 Å². The lowest BCUT2D eigenvalue weighted by molar-refractivity contribution is 0.280. The monoisotopic (exact) mass is 284 g/mol. The second-order valence-electron chi connectivity index (χ2n) is 6.27. The van der Waals surface area contributed by atoms with Crippen LogP contribution in [0.2, 0.25) is 5.02 Å². The molecule has 2 rings (SSSR count). The number of rotatable bonds is 1. The summed E-state index contributed by atoms with van der Waals surface area (Å²) in [6, 6.07) is 5.11. The molecule has 1 atom stereocenters. The van der Waals surface area contributed by atoms with E-state index in [1.807, 2.05) is 0 Å². The summed E-state index contributed by atoms with van der Waals surface area (Å²) in [6.45, 7) is 9.27. The summed E-state index contributed by atoms with van der Waals surface area (Å²) in [5, 5.41) is 4.14. The molecule has 1 N–H and O–H groups in total. The zero-order valence-electron chi connectivity index (χ0n) is 11.8. The van der Waals surface area contributed by atoms with Crippen molar-refractivity contribution in [2.45, 2.75) is 33.2 Å². The van der Waals surface area contributed by atoms with Crippen molar-refractivity contribution in [1.29, 1.82) is 0 Å². The molecular weight excluding hydrogens is 263 g/mol. The molecule has 1 aromatic carbocycles. The zero-order valence-corrected chi connectivity index (χ0v) is 12.6. The largest absolute Gasteiger partial charge is 0.367 e. The summed E-state index contributed by atoms with van der Waals surface area (Å²) >= 11 is 5.99. The van der Waals surface area contributed by atoms with Gasteiger partial charge in [-0.05, 0) is 36.6 Å². The Morgan fingerprint density at radius 2 is 2.11 bits per heavy atom. The van der Waals surface area contributed by atoms with Crippen LogP contribution in [0.4, 0.5) is 10.1 Å². The Balaban J connectivity index is 2.25. The smallest absolute Gasteiger partial charge is 0.146 e. The van der Waals surface area contributed by atoms with Crippen LogP contribution in [0.25, 0.3) is 0 Å². The molecule has 1 aliphatic rings. The van der Waals surface area contributed by atoms with Gasteiger partial charge in [-0.15, -0.1) is 0 Å². The molecule has 2 nitrogen and oxygen atoms in total. The summed E-state index contributed by atoms with van der Waals surface area (Å²) in [5.74, 6) is -0.195. The van der Waals surface area contributed by atoms with Crippen LogP contribution in [-0.4, -0.2) is 25.7 Å². The highest BCUT2D eigenvalue weighted by molar-refractivity contribution is 6.30. The SMILES string of the molecule is CC(C)(C)C1CN(c2cc(Cl)ccc2F)CCCN1. The quantitative estimate of drug-likeness (QED) is 0.846. The van der Waals surface area contributed by atoms with E-state index in [2.05, 4.69) is 31.0 Å². The molecular formula is C15H22ClFN2. The van der Waals surface area contributed by atoms with Gasteiger partial charge in [0.05, 0.1) is 5.69 Å². The number of benzene rings is 1. The third kappa shape index (κ3) is 3.61. The predicted molar refractivity (Wildman–Crippen MR) is 79.5 cm³/mol. The molecule has 0 bridgehead atoms. The number of anilines is 1. The molecule has 1 heterocycles. The molecule has 4 heteroatoms. The second-order valence-corrected chi connectivity index (χ2v) is 6.70. The van der Waals surface area contributed by atoms with Crippen LogP contribution in [0.5, 0.6) is 0 Å². The minimum Gasteiger partial charge on any atom is -0.367 e. The van der Waals surface area contributed by atoms with E-state index < -0.39 is 0 Å². The van der Waals surface area contributed by atoms with Crippen molar-refractivity contribution in [3.63, 3.8) is 0 Å². The molecule has 0 saturated carbocycles. The third-order valence-electron chi connectivity index (χ3n) is 3.69. The number of halogens is 2. The summed E-state index contributed by atoms with van der Waals surface area (Å²) in [7, 11) is 0. The van der Waals surface area contributed by atoms with Gasteiger partial charge in [0.2, 0.25) is 0 Å². The van der Waals surface area contributed by atoms with Crippen molar-refractivity contribution in [2.24, 2.45) is 5.41 Å². The van der Waals surface area contributed by atoms with E-state index in [0.29, 0.717) is 16.8 Å². The zero-order chi connectivity index (χ0) is 14.0. The van der Waals surface area contributed by atoms with E-state index in [-0.39, 0.29) is 11.2 Å².